The van der Waals surface area contributed by atoms with Gasteiger partial charge in [0.1, 0.15) is 12.2 Å². The fourth-order valence-electron chi connectivity index (χ4n) is 4.93. The molecule has 1 aromatic rings. The quantitative estimate of drug-likeness (QED) is 0.328. The van der Waals surface area contributed by atoms with Crippen molar-refractivity contribution in [3.05, 3.63) is 48.0 Å². The van der Waals surface area contributed by atoms with Gasteiger partial charge < -0.3 is 9.47 Å². The van der Waals surface area contributed by atoms with E-state index < -0.39 is 0 Å². The van der Waals surface area contributed by atoms with Gasteiger partial charge in [-0.1, -0.05) is 44.0 Å². The highest BCUT2D eigenvalue weighted by molar-refractivity contribution is 5.90. The lowest BCUT2D eigenvalue weighted by atomic mass is 9.90. The molecule has 2 saturated carbocycles. The van der Waals surface area contributed by atoms with E-state index in [0.717, 1.165) is 38.5 Å². The molecule has 0 aliphatic heterocycles. The van der Waals surface area contributed by atoms with Crippen molar-refractivity contribution in [2.75, 3.05) is 0 Å². The molecule has 3 unspecified atom stereocenters. The lowest BCUT2D eigenvalue weighted by Gasteiger charge is -2.22. The summed E-state index contributed by atoms with van der Waals surface area (Å²) in [5, 5.41) is 0. The van der Waals surface area contributed by atoms with E-state index in [4.69, 9.17) is 9.47 Å². The Morgan fingerprint density at radius 1 is 1.03 bits per heavy atom. The Labute approximate surface area is 178 Å². The molecule has 5 heteroatoms. The van der Waals surface area contributed by atoms with Crippen molar-refractivity contribution in [3.63, 3.8) is 0 Å². The first-order valence-electron chi connectivity index (χ1n) is 11.1. The number of esters is 2. The van der Waals surface area contributed by atoms with Gasteiger partial charge in [-0.2, -0.15) is 0 Å². The molecule has 162 valence electrons. The van der Waals surface area contributed by atoms with Crippen molar-refractivity contribution in [2.24, 2.45) is 17.8 Å². The van der Waals surface area contributed by atoms with Gasteiger partial charge in [0, 0.05) is 19.3 Å². The van der Waals surface area contributed by atoms with Crippen molar-refractivity contribution in [3.8, 4) is 0 Å². The van der Waals surface area contributed by atoms with E-state index in [2.05, 4.69) is 6.92 Å². The van der Waals surface area contributed by atoms with E-state index in [-0.39, 0.29) is 41.8 Å². The number of rotatable bonds is 9. The van der Waals surface area contributed by atoms with Crippen LogP contribution in [-0.2, 0) is 19.1 Å². The van der Waals surface area contributed by atoms with Gasteiger partial charge >= 0.3 is 11.9 Å². The maximum absolute atomic E-state index is 12.6. The van der Waals surface area contributed by atoms with Crippen LogP contribution >= 0.6 is 0 Å². The van der Waals surface area contributed by atoms with Crippen LogP contribution in [-0.4, -0.2) is 29.9 Å². The highest BCUT2D eigenvalue weighted by Crippen LogP contribution is 2.50. The van der Waals surface area contributed by atoms with E-state index in [0.29, 0.717) is 17.9 Å². The molecule has 0 radical (unpaired) electrons. The Kier molecular flexibility index (Phi) is 7.83. The molecule has 0 heterocycles. The molecule has 3 rings (SSSR count). The van der Waals surface area contributed by atoms with Crippen LogP contribution in [0, 0.1) is 17.8 Å². The molecule has 0 N–H and O–H groups in total. The largest absolute Gasteiger partial charge is 0.463 e. The zero-order valence-electron chi connectivity index (χ0n) is 17.9. The minimum Gasteiger partial charge on any atom is -0.463 e. The molecule has 2 aliphatic rings. The van der Waals surface area contributed by atoms with Crippen molar-refractivity contribution in [1.29, 1.82) is 0 Å². The number of allylic oxidation sites excluding steroid dienone is 1. The Hall–Kier alpha value is -2.43. The number of carbonyl (C=O) groups is 3. The minimum atomic E-state index is -0.329. The van der Waals surface area contributed by atoms with E-state index in [1.165, 1.54) is 6.92 Å². The number of hydrogen-bond acceptors (Lipinski definition) is 5. The SMILES string of the molecule is CCCCCC(=O)/C=C/C1C(OC(=O)c2ccccc2)C[C@H]2CC(OC(C)=O)C[C@@H]12. The van der Waals surface area contributed by atoms with E-state index >= 15 is 0 Å². The molecule has 0 bridgehead atoms. The van der Waals surface area contributed by atoms with E-state index in [1.54, 1.807) is 18.2 Å². The molecule has 0 aromatic heterocycles. The first-order chi connectivity index (χ1) is 14.5. The predicted molar refractivity (Wildman–Crippen MR) is 114 cm³/mol. The standard InChI is InChI=1S/C25H32O5/c1-3-4-6-11-20(27)12-13-22-23-16-21(29-17(2)26)14-19(23)15-24(22)30-25(28)18-9-7-5-8-10-18/h5,7-10,12-13,19,21-24H,3-4,6,11,14-16H2,1-2H3/b13-12+/t19-,21?,22?,23-,24?/m1/s1. The second-order valence-corrected chi connectivity index (χ2v) is 8.53. The first kappa shape index (κ1) is 22.3. The summed E-state index contributed by atoms with van der Waals surface area (Å²) in [6.45, 7) is 3.55. The van der Waals surface area contributed by atoms with Gasteiger partial charge in [0.25, 0.3) is 0 Å². The summed E-state index contributed by atoms with van der Waals surface area (Å²) in [6, 6.07) is 8.99. The van der Waals surface area contributed by atoms with Gasteiger partial charge in [0.2, 0.25) is 0 Å². The van der Waals surface area contributed by atoms with Crippen LogP contribution in [0.1, 0.15) is 69.2 Å². The lowest BCUT2D eigenvalue weighted by molar-refractivity contribution is -0.146. The number of ketones is 1. The average Bonchev–Trinajstić information content (AvgIpc) is 3.23. The molecular weight excluding hydrogens is 380 g/mol. The summed E-state index contributed by atoms with van der Waals surface area (Å²) >= 11 is 0. The van der Waals surface area contributed by atoms with Crippen molar-refractivity contribution >= 4 is 17.7 Å². The predicted octanol–water partition coefficient (Wildman–Crippen LogP) is 4.90. The normalized spacial score (nSPS) is 27.7. The molecule has 5 atom stereocenters. The summed E-state index contributed by atoms with van der Waals surface area (Å²) in [5.41, 5.74) is 0.533. The maximum atomic E-state index is 12.6. The molecule has 1 aromatic carbocycles. The maximum Gasteiger partial charge on any atom is 0.338 e. The number of benzene rings is 1. The molecule has 2 aliphatic carbocycles. The number of unbranched alkanes of at least 4 members (excludes halogenated alkanes) is 2. The van der Waals surface area contributed by atoms with E-state index in [9.17, 15) is 14.4 Å². The first-order valence-corrected chi connectivity index (χ1v) is 11.1. The third-order valence-corrected chi connectivity index (χ3v) is 6.30. The minimum absolute atomic E-state index is 0.0293. The summed E-state index contributed by atoms with van der Waals surface area (Å²) in [5.74, 6) is 0.0818. The fourth-order valence-corrected chi connectivity index (χ4v) is 4.93. The van der Waals surface area contributed by atoms with Gasteiger partial charge in [-0.3, -0.25) is 9.59 Å². The summed E-state index contributed by atoms with van der Waals surface area (Å²) in [6.07, 6.45) is 9.13. The van der Waals surface area contributed by atoms with Crippen LogP contribution in [0.5, 0.6) is 0 Å². The molecule has 0 saturated heterocycles. The van der Waals surface area contributed by atoms with Crippen LogP contribution in [0.15, 0.2) is 42.5 Å². The number of ether oxygens (including phenoxy) is 2. The summed E-state index contributed by atoms with van der Waals surface area (Å²) in [7, 11) is 0. The number of fused-ring (bicyclic) bond motifs is 1. The van der Waals surface area contributed by atoms with Crippen molar-refractivity contribution < 1.29 is 23.9 Å². The van der Waals surface area contributed by atoms with Gasteiger partial charge in [0.15, 0.2) is 5.78 Å². The van der Waals surface area contributed by atoms with Crippen molar-refractivity contribution in [2.45, 2.75) is 71.0 Å². The Bertz CT molecular complexity index is 769. The molecule has 2 fully saturated rings. The van der Waals surface area contributed by atoms with Crippen LogP contribution in [0.3, 0.4) is 0 Å². The number of hydrogen-bond donors (Lipinski definition) is 0. The second-order valence-electron chi connectivity index (χ2n) is 8.53. The zero-order valence-corrected chi connectivity index (χ0v) is 17.9. The topological polar surface area (TPSA) is 69.7 Å². The third-order valence-electron chi connectivity index (χ3n) is 6.30. The van der Waals surface area contributed by atoms with Crippen LogP contribution in [0.4, 0.5) is 0 Å². The highest BCUT2D eigenvalue weighted by atomic mass is 16.5. The zero-order chi connectivity index (χ0) is 21.5. The van der Waals surface area contributed by atoms with Crippen LogP contribution in [0.2, 0.25) is 0 Å². The fraction of sp³-hybridized carbons (Fsp3) is 0.560. The van der Waals surface area contributed by atoms with Crippen LogP contribution < -0.4 is 0 Å². The Morgan fingerprint density at radius 2 is 1.80 bits per heavy atom. The van der Waals surface area contributed by atoms with Gasteiger partial charge in [-0.05, 0) is 55.7 Å². The molecule has 30 heavy (non-hydrogen) atoms. The average molecular weight is 413 g/mol. The molecule has 0 amide bonds. The van der Waals surface area contributed by atoms with E-state index in [1.807, 2.05) is 24.3 Å². The monoisotopic (exact) mass is 412 g/mol. The third kappa shape index (κ3) is 5.80. The second kappa shape index (κ2) is 10.6. The summed E-state index contributed by atoms with van der Waals surface area (Å²) < 4.78 is 11.3. The highest BCUT2D eigenvalue weighted by Gasteiger charge is 2.50. The molecule has 5 nitrogen and oxygen atoms in total. The molecule has 0 spiro atoms. The Balaban J connectivity index is 1.69. The summed E-state index contributed by atoms with van der Waals surface area (Å²) in [4.78, 5) is 36.2. The molecular formula is C25H32O5. The van der Waals surface area contributed by atoms with Crippen LogP contribution in [0.25, 0.3) is 0 Å². The van der Waals surface area contributed by atoms with Gasteiger partial charge in [-0.25, -0.2) is 4.79 Å². The van der Waals surface area contributed by atoms with Gasteiger partial charge in [0.05, 0.1) is 5.56 Å². The lowest BCUT2D eigenvalue weighted by Crippen LogP contribution is -2.26. The Morgan fingerprint density at radius 3 is 2.50 bits per heavy atom. The number of carbonyl (C=O) groups excluding carboxylic acids is 3. The van der Waals surface area contributed by atoms with Crippen molar-refractivity contribution in [1.82, 2.24) is 0 Å². The van der Waals surface area contributed by atoms with Gasteiger partial charge in [-0.15, -0.1) is 0 Å². The smallest absolute Gasteiger partial charge is 0.338 e.